The lowest BCUT2D eigenvalue weighted by Crippen LogP contribution is -2.38. The van der Waals surface area contributed by atoms with Crippen LogP contribution in [0.15, 0.2) is 24.3 Å². The number of β-amino-alcohol motifs (C(OH)–C–C–N with tert-alkyl or cyclic N) is 1. The second-order valence-corrected chi connectivity index (χ2v) is 7.10. The summed E-state index contributed by atoms with van der Waals surface area (Å²) in [6.45, 7) is 9.90. The molecule has 0 amide bonds. The Labute approximate surface area is 141 Å². The molecule has 1 aliphatic rings. The molecule has 0 aliphatic carbocycles. The van der Waals surface area contributed by atoms with Crippen molar-refractivity contribution in [2.45, 2.75) is 51.6 Å². The SMILES string of the molecule is CC(C)(C)c1ccc(OCC(O)CN2CCCCC2)cc1.Cl. The fourth-order valence-electron chi connectivity index (χ4n) is 2.74. The highest BCUT2D eigenvalue weighted by atomic mass is 35.5. The summed E-state index contributed by atoms with van der Waals surface area (Å²) >= 11 is 0. The molecule has 22 heavy (non-hydrogen) atoms. The van der Waals surface area contributed by atoms with Crippen LogP contribution in [0.2, 0.25) is 0 Å². The summed E-state index contributed by atoms with van der Waals surface area (Å²) in [5, 5.41) is 10.1. The molecule has 1 N–H and O–H groups in total. The first-order valence-electron chi connectivity index (χ1n) is 8.09. The zero-order chi connectivity index (χ0) is 15.3. The van der Waals surface area contributed by atoms with Gasteiger partial charge in [-0.3, -0.25) is 0 Å². The molecule has 1 fully saturated rings. The Morgan fingerprint density at radius 2 is 1.68 bits per heavy atom. The Morgan fingerprint density at radius 3 is 2.23 bits per heavy atom. The molecule has 1 atom stereocenters. The van der Waals surface area contributed by atoms with E-state index in [2.05, 4.69) is 37.8 Å². The number of rotatable bonds is 5. The molecule has 2 rings (SSSR count). The van der Waals surface area contributed by atoms with E-state index >= 15 is 0 Å². The average Bonchev–Trinajstić information content (AvgIpc) is 2.46. The van der Waals surface area contributed by atoms with Crippen LogP contribution in [0.5, 0.6) is 5.75 Å². The highest BCUT2D eigenvalue weighted by Gasteiger charge is 2.16. The van der Waals surface area contributed by atoms with E-state index in [0.717, 1.165) is 25.4 Å². The molecular weight excluding hydrogens is 298 g/mol. The first-order chi connectivity index (χ1) is 9.95. The first-order valence-corrected chi connectivity index (χ1v) is 8.09. The van der Waals surface area contributed by atoms with E-state index in [0.29, 0.717) is 6.61 Å². The standard InChI is InChI=1S/C18H29NO2.ClH/c1-18(2,3)15-7-9-17(10-8-15)21-14-16(20)13-19-11-5-4-6-12-19;/h7-10,16,20H,4-6,11-14H2,1-3H3;1H. The summed E-state index contributed by atoms with van der Waals surface area (Å²) in [5.74, 6) is 0.834. The number of hydrogen-bond donors (Lipinski definition) is 1. The Morgan fingerprint density at radius 1 is 1.09 bits per heavy atom. The Balaban J connectivity index is 0.00000242. The quantitative estimate of drug-likeness (QED) is 0.896. The fourth-order valence-corrected chi connectivity index (χ4v) is 2.74. The predicted octanol–water partition coefficient (Wildman–Crippen LogP) is 3.63. The van der Waals surface area contributed by atoms with Gasteiger partial charge in [-0.1, -0.05) is 39.3 Å². The van der Waals surface area contributed by atoms with Crippen molar-refractivity contribution in [2.75, 3.05) is 26.2 Å². The van der Waals surface area contributed by atoms with Gasteiger partial charge in [-0.15, -0.1) is 12.4 Å². The lowest BCUT2D eigenvalue weighted by molar-refractivity contribution is 0.0617. The highest BCUT2D eigenvalue weighted by Crippen LogP contribution is 2.24. The van der Waals surface area contributed by atoms with Crippen LogP contribution in [-0.4, -0.2) is 42.4 Å². The molecule has 1 aromatic carbocycles. The third kappa shape index (κ3) is 6.15. The maximum absolute atomic E-state index is 10.1. The molecule has 4 heteroatoms. The second-order valence-electron chi connectivity index (χ2n) is 7.10. The van der Waals surface area contributed by atoms with Crippen molar-refractivity contribution in [1.82, 2.24) is 4.90 Å². The van der Waals surface area contributed by atoms with Gasteiger partial charge in [-0.2, -0.15) is 0 Å². The summed E-state index contributed by atoms with van der Waals surface area (Å²) in [7, 11) is 0. The van der Waals surface area contributed by atoms with Gasteiger partial charge in [-0.25, -0.2) is 0 Å². The number of aliphatic hydroxyl groups is 1. The van der Waals surface area contributed by atoms with E-state index in [4.69, 9.17) is 4.74 Å². The Hall–Kier alpha value is -0.770. The summed E-state index contributed by atoms with van der Waals surface area (Å²) in [6, 6.07) is 8.20. The van der Waals surface area contributed by atoms with E-state index in [-0.39, 0.29) is 17.8 Å². The summed E-state index contributed by atoms with van der Waals surface area (Å²) in [4.78, 5) is 2.33. The number of hydrogen-bond acceptors (Lipinski definition) is 3. The Kier molecular flexibility index (Phi) is 7.67. The Bertz CT molecular complexity index is 422. The summed E-state index contributed by atoms with van der Waals surface area (Å²) in [6.07, 6.45) is 3.41. The summed E-state index contributed by atoms with van der Waals surface area (Å²) in [5.41, 5.74) is 1.45. The van der Waals surface area contributed by atoms with Crippen molar-refractivity contribution in [3.8, 4) is 5.75 Å². The van der Waals surface area contributed by atoms with Gasteiger partial charge in [0.25, 0.3) is 0 Å². The fraction of sp³-hybridized carbons (Fsp3) is 0.667. The number of aliphatic hydroxyl groups excluding tert-OH is 1. The van der Waals surface area contributed by atoms with E-state index < -0.39 is 6.10 Å². The number of halogens is 1. The number of ether oxygens (including phenoxy) is 1. The van der Waals surface area contributed by atoms with Crippen LogP contribution in [0.25, 0.3) is 0 Å². The van der Waals surface area contributed by atoms with E-state index in [1.165, 1.54) is 24.8 Å². The van der Waals surface area contributed by atoms with Crippen molar-refractivity contribution in [3.05, 3.63) is 29.8 Å². The highest BCUT2D eigenvalue weighted by molar-refractivity contribution is 5.85. The van der Waals surface area contributed by atoms with Gasteiger partial charge >= 0.3 is 0 Å². The molecule has 1 aliphatic heterocycles. The number of nitrogens with zero attached hydrogens (tertiary/aromatic N) is 1. The molecular formula is C18H30ClNO2. The average molecular weight is 328 g/mol. The van der Waals surface area contributed by atoms with Crippen LogP contribution in [-0.2, 0) is 5.41 Å². The lowest BCUT2D eigenvalue weighted by atomic mass is 9.87. The van der Waals surface area contributed by atoms with Gasteiger partial charge in [-0.05, 0) is 49.0 Å². The maximum Gasteiger partial charge on any atom is 0.119 e. The van der Waals surface area contributed by atoms with Crippen molar-refractivity contribution in [1.29, 1.82) is 0 Å². The van der Waals surface area contributed by atoms with Crippen LogP contribution < -0.4 is 4.74 Å². The van der Waals surface area contributed by atoms with Crippen molar-refractivity contribution in [3.63, 3.8) is 0 Å². The third-order valence-corrected chi connectivity index (χ3v) is 4.08. The third-order valence-electron chi connectivity index (χ3n) is 4.08. The monoisotopic (exact) mass is 327 g/mol. The van der Waals surface area contributed by atoms with Crippen LogP contribution in [0.1, 0.15) is 45.6 Å². The second kappa shape index (κ2) is 8.76. The van der Waals surface area contributed by atoms with Crippen molar-refractivity contribution in [2.24, 2.45) is 0 Å². The molecule has 0 spiro atoms. The van der Waals surface area contributed by atoms with Crippen LogP contribution in [0, 0.1) is 0 Å². The van der Waals surface area contributed by atoms with Crippen molar-refractivity contribution >= 4 is 12.4 Å². The zero-order valence-electron chi connectivity index (χ0n) is 14.0. The predicted molar refractivity (Wildman–Crippen MR) is 94.2 cm³/mol. The largest absolute Gasteiger partial charge is 0.491 e. The van der Waals surface area contributed by atoms with Gasteiger partial charge in [0.15, 0.2) is 0 Å². The van der Waals surface area contributed by atoms with Crippen molar-refractivity contribution < 1.29 is 9.84 Å². The molecule has 1 heterocycles. The first kappa shape index (κ1) is 19.3. The minimum atomic E-state index is -0.412. The topological polar surface area (TPSA) is 32.7 Å². The molecule has 126 valence electrons. The molecule has 1 unspecified atom stereocenters. The van der Waals surface area contributed by atoms with Gasteiger partial charge in [0, 0.05) is 6.54 Å². The maximum atomic E-state index is 10.1. The van der Waals surface area contributed by atoms with Crippen LogP contribution in [0.4, 0.5) is 0 Å². The zero-order valence-corrected chi connectivity index (χ0v) is 14.9. The van der Waals surface area contributed by atoms with E-state index in [9.17, 15) is 5.11 Å². The molecule has 3 nitrogen and oxygen atoms in total. The van der Waals surface area contributed by atoms with Gasteiger partial charge in [0.1, 0.15) is 18.5 Å². The van der Waals surface area contributed by atoms with Crippen LogP contribution >= 0.6 is 12.4 Å². The number of piperidine rings is 1. The van der Waals surface area contributed by atoms with Gasteiger partial charge < -0.3 is 14.7 Å². The smallest absolute Gasteiger partial charge is 0.119 e. The summed E-state index contributed by atoms with van der Waals surface area (Å²) < 4.78 is 5.70. The molecule has 0 bridgehead atoms. The normalized spacial score (nSPS) is 17.6. The van der Waals surface area contributed by atoms with E-state index in [1.807, 2.05) is 12.1 Å². The number of likely N-dealkylation sites (tertiary alicyclic amines) is 1. The minimum absolute atomic E-state index is 0. The number of benzene rings is 1. The van der Waals surface area contributed by atoms with Gasteiger partial charge in [0.05, 0.1) is 0 Å². The molecule has 0 saturated carbocycles. The van der Waals surface area contributed by atoms with Crippen LogP contribution in [0.3, 0.4) is 0 Å². The van der Waals surface area contributed by atoms with Gasteiger partial charge in [0.2, 0.25) is 0 Å². The lowest BCUT2D eigenvalue weighted by Gasteiger charge is -2.28. The molecule has 1 aromatic rings. The molecule has 0 aromatic heterocycles. The molecule has 0 radical (unpaired) electrons. The molecule has 1 saturated heterocycles. The minimum Gasteiger partial charge on any atom is -0.491 e. The van der Waals surface area contributed by atoms with E-state index in [1.54, 1.807) is 0 Å².